The van der Waals surface area contributed by atoms with Gasteiger partial charge in [0.2, 0.25) is 6.41 Å². The lowest BCUT2D eigenvalue weighted by Gasteiger charge is -2.13. The second-order valence-corrected chi connectivity index (χ2v) is 6.89. The summed E-state index contributed by atoms with van der Waals surface area (Å²) in [5.41, 5.74) is 2.52. The zero-order valence-corrected chi connectivity index (χ0v) is 15.9. The van der Waals surface area contributed by atoms with E-state index in [1.165, 1.54) is 16.7 Å². The van der Waals surface area contributed by atoms with Crippen molar-refractivity contribution in [2.75, 3.05) is 5.32 Å². The lowest BCUT2D eigenvalue weighted by Crippen LogP contribution is -2.17. The zero-order valence-electron chi connectivity index (χ0n) is 15.9. The fourth-order valence-corrected chi connectivity index (χ4v) is 3.32. The SMILES string of the molecule is CC(C)c1ccccc1-n1c(=O)[nH]c2c(NC=O)nc(-c3cccc(O)c3)nc21. The molecule has 0 spiro atoms. The van der Waals surface area contributed by atoms with E-state index in [-0.39, 0.29) is 29.0 Å². The second-order valence-electron chi connectivity index (χ2n) is 6.89. The van der Waals surface area contributed by atoms with Crippen molar-refractivity contribution in [3.63, 3.8) is 0 Å². The molecule has 0 bridgehead atoms. The molecule has 3 N–H and O–H groups in total. The lowest BCUT2D eigenvalue weighted by molar-refractivity contribution is -0.105. The monoisotopic (exact) mass is 389 g/mol. The molecular formula is C21H19N5O3. The van der Waals surface area contributed by atoms with Gasteiger partial charge in [0.05, 0.1) is 5.69 Å². The maximum Gasteiger partial charge on any atom is 0.332 e. The number of carbonyl (C=O) groups excluding carboxylic acids is 1. The van der Waals surface area contributed by atoms with Gasteiger partial charge in [-0.15, -0.1) is 0 Å². The highest BCUT2D eigenvalue weighted by molar-refractivity contribution is 5.91. The molecule has 0 saturated carbocycles. The molecular weight excluding hydrogens is 370 g/mol. The predicted octanol–water partition coefficient (Wildman–Crippen LogP) is 3.17. The molecule has 8 nitrogen and oxygen atoms in total. The molecule has 2 heterocycles. The van der Waals surface area contributed by atoms with Gasteiger partial charge in [-0.05, 0) is 29.7 Å². The molecule has 0 radical (unpaired) electrons. The Kier molecular flexibility index (Phi) is 4.59. The standard InChI is InChI=1S/C21H19N5O3/c1-12(2)15-8-3-4-9-16(15)26-20-17(23-21(26)29)19(22-11-27)24-18(25-20)13-6-5-7-14(28)10-13/h3-12,28H,1-2H3,(H,23,29)(H,22,24,25,27). The number of nitrogens with one attached hydrogen (secondary N) is 2. The number of carbonyl (C=O) groups is 1. The number of anilines is 1. The molecule has 1 amide bonds. The van der Waals surface area contributed by atoms with E-state index in [4.69, 9.17) is 0 Å². The van der Waals surface area contributed by atoms with E-state index in [1.54, 1.807) is 12.1 Å². The maximum absolute atomic E-state index is 12.9. The number of aromatic hydroxyl groups is 1. The summed E-state index contributed by atoms with van der Waals surface area (Å²) in [6.07, 6.45) is 0.492. The van der Waals surface area contributed by atoms with Crippen molar-refractivity contribution in [3.8, 4) is 22.8 Å². The molecule has 2 aromatic heterocycles. The van der Waals surface area contributed by atoms with Crippen molar-refractivity contribution in [2.45, 2.75) is 19.8 Å². The third kappa shape index (κ3) is 3.25. The third-order valence-electron chi connectivity index (χ3n) is 4.64. The number of fused-ring (bicyclic) bond motifs is 1. The molecule has 146 valence electrons. The minimum absolute atomic E-state index is 0.0627. The van der Waals surface area contributed by atoms with Crippen LogP contribution in [0.3, 0.4) is 0 Å². The fraction of sp³-hybridized carbons (Fsp3) is 0.143. The van der Waals surface area contributed by atoms with Gasteiger partial charge in [-0.3, -0.25) is 4.79 Å². The summed E-state index contributed by atoms with van der Waals surface area (Å²) in [6, 6.07) is 14.1. The molecule has 4 rings (SSSR count). The largest absolute Gasteiger partial charge is 0.508 e. The van der Waals surface area contributed by atoms with Crippen LogP contribution >= 0.6 is 0 Å². The van der Waals surface area contributed by atoms with Gasteiger partial charge < -0.3 is 15.4 Å². The summed E-state index contributed by atoms with van der Waals surface area (Å²) in [5.74, 6) is 0.699. The van der Waals surface area contributed by atoms with E-state index in [0.717, 1.165) is 5.56 Å². The zero-order chi connectivity index (χ0) is 20.5. The van der Waals surface area contributed by atoms with Gasteiger partial charge in [0, 0.05) is 5.56 Å². The van der Waals surface area contributed by atoms with Gasteiger partial charge in [0.1, 0.15) is 11.3 Å². The lowest BCUT2D eigenvalue weighted by atomic mass is 10.0. The number of rotatable bonds is 5. The summed E-state index contributed by atoms with van der Waals surface area (Å²) in [7, 11) is 0. The Morgan fingerprint density at radius 2 is 1.93 bits per heavy atom. The Labute approximate surface area is 165 Å². The number of hydrogen-bond acceptors (Lipinski definition) is 5. The number of imidazole rings is 1. The predicted molar refractivity (Wildman–Crippen MR) is 110 cm³/mol. The van der Waals surface area contributed by atoms with Crippen molar-refractivity contribution in [1.29, 1.82) is 0 Å². The van der Waals surface area contributed by atoms with Crippen LogP contribution in [0.5, 0.6) is 5.75 Å². The van der Waals surface area contributed by atoms with Crippen LogP contribution in [0.2, 0.25) is 0 Å². The molecule has 0 aliphatic rings. The second kappa shape index (κ2) is 7.23. The Morgan fingerprint density at radius 1 is 1.14 bits per heavy atom. The summed E-state index contributed by atoms with van der Waals surface area (Å²) in [5, 5.41) is 12.3. The Balaban J connectivity index is 2.06. The molecule has 2 aromatic carbocycles. The molecule has 0 saturated heterocycles. The number of nitrogens with zero attached hydrogens (tertiary/aromatic N) is 3. The van der Waals surface area contributed by atoms with Crippen LogP contribution in [0.25, 0.3) is 28.2 Å². The first kappa shape index (κ1) is 18.4. The molecule has 0 fully saturated rings. The molecule has 0 aliphatic heterocycles. The van der Waals surface area contributed by atoms with Crippen LogP contribution in [0.1, 0.15) is 25.3 Å². The number of amides is 1. The van der Waals surface area contributed by atoms with Gasteiger partial charge in [-0.1, -0.05) is 44.2 Å². The Morgan fingerprint density at radius 3 is 2.66 bits per heavy atom. The first-order valence-electron chi connectivity index (χ1n) is 9.11. The molecule has 0 unspecified atom stereocenters. The number of phenolic OH excluding ortho intramolecular Hbond substituents is 1. The molecule has 0 atom stereocenters. The quantitative estimate of drug-likeness (QED) is 0.454. The normalized spacial score (nSPS) is 11.1. The summed E-state index contributed by atoms with van der Waals surface area (Å²) >= 11 is 0. The molecule has 29 heavy (non-hydrogen) atoms. The number of phenols is 1. The Bertz CT molecular complexity index is 1270. The van der Waals surface area contributed by atoms with Gasteiger partial charge in [0.25, 0.3) is 0 Å². The van der Waals surface area contributed by atoms with Crippen molar-refractivity contribution in [1.82, 2.24) is 19.5 Å². The molecule has 8 heteroatoms. The minimum atomic E-state index is -0.385. The van der Waals surface area contributed by atoms with Crippen LogP contribution in [0.15, 0.2) is 53.3 Å². The van der Waals surface area contributed by atoms with E-state index < -0.39 is 0 Å². The fourth-order valence-electron chi connectivity index (χ4n) is 3.32. The molecule has 4 aromatic rings. The maximum atomic E-state index is 12.9. The average molecular weight is 389 g/mol. The van der Waals surface area contributed by atoms with Crippen molar-refractivity contribution in [3.05, 3.63) is 64.6 Å². The highest BCUT2D eigenvalue weighted by atomic mass is 16.3. The van der Waals surface area contributed by atoms with Crippen LogP contribution in [0, 0.1) is 0 Å². The third-order valence-corrected chi connectivity index (χ3v) is 4.64. The number of H-pyrrole nitrogens is 1. The van der Waals surface area contributed by atoms with Crippen LogP contribution in [-0.4, -0.2) is 31.0 Å². The van der Waals surface area contributed by atoms with E-state index in [0.29, 0.717) is 28.8 Å². The highest BCUT2D eigenvalue weighted by Gasteiger charge is 2.19. The molecule has 0 aliphatic carbocycles. The Hall–Kier alpha value is -3.94. The number of hydrogen-bond donors (Lipinski definition) is 3. The summed E-state index contributed by atoms with van der Waals surface area (Å²) in [4.78, 5) is 35.7. The first-order chi connectivity index (χ1) is 14.0. The van der Waals surface area contributed by atoms with Gasteiger partial charge in [-0.25, -0.2) is 19.3 Å². The van der Waals surface area contributed by atoms with Crippen molar-refractivity contribution < 1.29 is 9.90 Å². The van der Waals surface area contributed by atoms with Crippen molar-refractivity contribution in [2.24, 2.45) is 0 Å². The van der Waals surface area contributed by atoms with Gasteiger partial charge >= 0.3 is 5.69 Å². The number of para-hydroxylation sites is 1. The number of benzene rings is 2. The van der Waals surface area contributed by atoms with E-state index in [9.17, 15) is 14.7 Å². The topological polar surface area (TPSA) is 113 Å². The van der Waals surface area contributed by atoms with Crippen LogP contribution in [0.4, 0.5) is 5.82 Å². The van der Waals surface area contributed by atoms with E-state index in [2.05, 4.69) is 20.3 Å². The smallest absolute Gasteiger partial charge is 0.332 e. The van der Waals surface area contributed by atoms with Crippen LogP contribution < -0.4 is 11.0 Å². The van der Waals surface area contributed by atoms with Crippen LogP contribution in [-0.2, 0) is 4.79 Å². The van der Waals surface area contributed by atoms with E-state index in [1.807, 2.05) is 38.1 Å². The minimum Gasteiger partial charge on any atom is -0.508 e. The summed E-state index contributed by atoms with van der Waals surface area (Å²) in [6.45, 7) is 4.09. The van der Waals surface area contributed by atoms with E-state index >= 15 is 0 Å². The summed E-state index contributed by atoms with van der Waals surface area (Å²) < 4.78 is 1.48. The van der Waals surface area contributed by atoms with Gasteiger partial charge in [-0.2, -0.15) is 0 Å². The number of aromatic amines is 1. The van der Waals surface area contributed by atoms with Crippen molar-refractivity contribution >= 4 is 23.4 Å². The highest BCUT2D eigenvalue weighted by Crippen LogP contribution is 2.28. The average Bonchev–Trinajstić information content (AvgIpc) is 3.04. The van der Waals surface area contributed by atoms with Gasteiger partial charge in [0.15, 0.2) is 17.3 Å². The number of aromatic nitrogens is 4. The first-order valence-corrected chi connectivity index (χ1v) is 9.11.